The third-order valence-electron chi connectivity index (χ3n) is 3.66. The molecule has 2 unspecified atom stereocenters. The molecule has 0 amide bonds. The van der Waals surface area contributed by atoms with Crippen LogP contribution >= 0.6 is 0 Å². The van der Waals surface area contributed by atoms with E-state index in [1.165, 1.54) is 0 Å². The van der Waals surface area contributed by atoms with Crippen molar-refractivity contribution < 1.29 is 14.2 Å². The van der Waals surface area contributed by atoms with Crippen LogP contribution in [0.4, 0.5) is 4.39 Å². The largest absolute Gasteiger partial charge is 0.485 e. The van der Waals surface area contributed by atoms with Gasteiger partial charge < -0.3 is 9.84 Å². The summed E-state index contributed by atoms with van der Waals surface area (Å²) in [7, 11) is 0. The van der Waals surface area contributed by atoms with Crippen molar-refractivity contribution in [3.63, 3.8) is 0 Å². The van der Waals surface area contributed by atoms with Crippen molar-refractivity contribution in [1.82, 2.24) is 0 Å². The summed E-state index contributed by atoms with van der Waals surface area (Å²) in [6, 6.07) is 5.08. The highest BCUT2D eigenvalue weighted by Gasteiger charge is 2.42. The molecule has 0 aliphatic heterocycles. The third kappa shape index (κ3) is 2.29. The predicted molar refractivity (Wildman–Crippen MR) is 64.6 cm³/mol. The molecule has 0 aromatic heterocycles. The lowest BCUT2D eigenvalue weighted by atomic mass is 9.89. The van der Waals surface area contributed by atoms with Crippen LogP contribution in [-0.2, 0) is 0 Å². The van der Waals surface area contributed by atoms with Crippen molar-refractivity contribution in [2.24, 2.45) is 5.41 Å². The molecule has 0 spiro atoms. The first-order chi connectivity index (χ1) is 7.92. The molecule has 94 valence electrons. The van der Waals surface area contributed by atoms with Gasteiger partial charge in [0.2, 0.25) is 0 Å². The normalized spacial score (nSPS) is 27.1. The monoisotopic (exact) mass is 238 g/mol. The van der Waals surface area contributed by atoms with E-state index in [4.69, 9.17) is 4.74 Å². The lowest BCUT2D eigenvalue weighted by molar-refractivity contribution is 0.00348. The van der Waals surface area contributed by atoms with Gasteiger partial charge in [0.25, 0.3) is 0 Å². The summed E-state index contributed by atoms with van der Waals surface area (Å²) in [5.41, 5.74) is 0.416. The van der Waals surface area contributed by atoms with Gasteiger partial charge in [0.1, 0.15) is 6.10 Å². The van der Waals surface area contributed by atoms with Gasteiger partial charge in [0.15, 0.2) is 11.6 Å². The Hall–Kier alpha value is -1.09. The predicted octanol–water partition coefficient (Wildman–Crippen LogP) is 3.06. The molecule has 2 atom stereocenters. The van der Waals surface area contributed by atoms with E-state index in [9.17, 15) is 9.50 Å². The molecule has 1 aliphatic carbocycles. The molecule has 0 bridgehead atoms. The summed E-state index contributed by atoms with van der Waals surface area (Å²) >= 11 is 0. The maximum atomic E-state index is 13.8. The van der Waals surface area contributed by atoms with Crippen molar-refractivity contribution in [2.75, 3.05) is 0 Å². The van der Waals surface area contributed by atoms with Crippen LogP contribution in [0, 0.1) is 18.2 Å². The zero-order valence-corrected chi connectivity index (χ0v) is 10.5. The van der Waals surface area contributed by atoms with E-state index in [1.807, 2.05) is 13.8 Å². The Morgan fingerprint density at radius 3 is 2.71 bits per heavy atom. The van der Waals surface area contributed by atoms with Gasteiger partial charge in [-0.3, -0.25) is 0 Å². The lowest BCUT2D eigenvalue weighted by Crippen LogP contribution is -2.34. The number of aryl methyl sites for hydroxylation is 1. The molecule has 2 rings (SSSR count). The molecule has 17 heavy (non-hydrogen) atoms. The Kier molecular flexibility index (Phi) is 3.13. The Bertz CT molecular complexity index is 415. The second-order valence-corrected chi connectivity index (χ2v) is 5.52. The highest BCUT2D eigenvalue weighted by Crippen LogP contribution is 2.39. The van der Waals surface area contributed by atoms with Crippen LogP contribution in [0.2, 0.25) is 0 Å². The molecule has 1 aromatic rings. The fraction of sp³-hybridized carbons (Fsp3) is 0.571. The van der Waals surface area contributed by atoms with Crippen LogP contribution in [-0.4, -0.2) is 17.3 Å². The van der Waals surface area contributed by atoms with Crippen LogP contribution in [0.5, 0.6) is 5.75 Å². The van der Waals surface area contributed by atoms with Crippen molar-refractivity contribution in [3.8, 4) is 5.75 Å². The number of aliphatic hydroxyl groups excluding tert-OH is 1. The van der Waals surface area contributed by atoms with Crippen LogP contribution in [0.15, 0.2) is 18.2 Å². The number of rotatable bonds is 2. The standard InChI is InChI=1S/C14H19FO2/c1-9-5-4-6-10(12(9)15)17-11-7-8-14(2,3)13(11)16/h4-6,11,13,16H,7-8H2,1-3H3. The Morgan fingerprint density at radius 1 is 1.41 bits per heavy atom. The molecule has 0 saturated heterocycles. The smallest absolute Gasteiger partial charge is 0.167 e. The number of benzene rings is 1. The van der Waals surface area contributed by atoms with Crippen LogP contribution in [0.3, 0.4) is 0 Å². The van der Waals surface area contributed by atoms with E-state index < -0.39 is 6.10 Å². The first-order valence-electron chi connectivity index (χ1n) is 6.01. The molecule has 1 aromatic carbocycles. The summed E-state index contributed by atoms with van der Waals surface area (Å²) in [4.78, 5) is 0. The van der Waals surface area contributed by atoms with E-state index in [0.717, 1.165) is 12.8 Å². The molecule has 1 aliphatic rings. The van der Waals surface area contributed by atoms with Crippen molar-refractivity contribution in [1.29, 1.82) is 0 Å². The zero-order valence-electron chi connectivity index (χ0n) is 10.5. The van der Waals surface area contributed by atoms with Gasteiger partial charge in [-0.1, -0.05) is 26.0 Å². The average molecular weight is 238 g/mol. The summed E-state index contributed by atoms with van der Waals surface area (Å²) in [6.07, 6.45) is 0.817. The van der Waals surface area contributed by atoms with Crippen LogP contribution in [0.25, 0.3) is 0 Å². The molecule has 0 radical (unpaired) electrons. The number of halogens is 1. The van der Waals surface area contributed by atoms with E-state index in [0.29, 0.717) is 5.56 Å². The van der Waals surface area contributed by atoms with Crippen molar-refractivity contribution >= 4 is 0 Å². The first-order valence-corrected chi connectivity index (χ1v) is 6.01. The first kappa shape index (κ1) is 12.4. The van der Waals surface area contributed by atoms with Crippen LogP contribution < -0.4 is 4.74 Å². The van der Waals surface area contributed by atoms with Gasteiger partial charge in [-0.2, -0.15) is 0 Å². The number of ether oxygens (including phenoxy) is 1. The molecule has 1 saturated carbocycles. The van der Waals surface area contributed by atoms with Gasteiger partial charge in [-0.15, -0.1) is 0 Å². The Balaban J connectivity index is 2.15. The van der Waals surface area contributed by atoms with Gasteiger partial charge in [0.05, 0.1) is 6.10 Å². The quantitative estimate of drug-likeness (QED) is 0.858. The minimum absolute atomic E-state index is 0.148. The van der Waals surface area contributed by atoms with E-state index in [-0.39, 0.29) is 23.1 Å². The maximum Gasteiger partial charge on any atom is 0.167 e. The molecule has 1 N–H and O–H groups in total. The fourth-order valence-electron chi connectivity index (χ4n) is 2.32. The number of aliphatic hydroxyl groups is 1. The average Bonchev–Trinajstić information content (AvgIpc) is 2.52. The zero-order chi connectivity index (χ0) is 12.6. The number of hydrogen-bond donors (Lipinski definition) is 1. The van der Waals surface area contributed by atoms with Gasteiger partial charge in [0, 0.05) is 0 Å². The third-order valence-corrected chi connectivity index (χ3v) is 3.66. The Morgan fingerprint density at radius 2 is 2.12 bits per heavy atom. The molecule has 2 nitrogen and oxygen atoms in total. The Labute approximate surface area is 101 Å². The maximum absolute atomic E-state index is 13.8. The fourth-order valence-corrected chi connectivity index (χ4v) is 2.32. The van der Waals surface area contributed by atoms with Crippen molar-refractivity contribution in [2.45, 2.75) is 45.8 Å². The summed E-state index contributed by atoms with van der Waals surface area (Å²) < 4.78 is 19.4. The summed E-state index contributed by atoms with van der Waals surface area (Å²) in [5.74, 6) is -0.0869. The molecular formula is C14H19FO2. The van der Waals surface area contributed by atoms with E-state index >= 15 is 0 Å². The summed E-state index contributed by atoms with van der Waals surface area (Å²) in [5, 5.41) is 10.1. The van der Waals surface area contributed by atoms with E-state index in [2.05, 4.69) is 0 Å². The minimum atomic E-state index is -0.539. The van der Waals surface area contributed by atoms with Crippen molar-refractivity contribution in [3.05, 3.63) is 29.6 Å². The SMILES string of the molecule is Cc1cccc(OC2CCC(C)(C)C2O)c1F. The summed E-state index contributed by atoms with van der Waals surface area (Å²) in [6.45, 7) is 5.72. The lowest BCUT2D eigenvalue weighted by Gasteiger charge is -2.26. The highest BCUT2D eigenvalue weighted by atomic mass is 19.1. The second-order valence-electron chi connectivity index (χ2n) is 5.52. The second kappa shape index (κ2) is 4.30. The van der Waals surface area contributed by atoms with Gasteiger partial charge in [-0.25, -0.2) is 4.39 Å². The number of hydrogen-bond acceptors (Lipinski definition) is 2. The topological polar surface area (TPSA) is 29.5 Å². The molecule has 0 heterocycles. The van der Waals surface area contributed by atoms with E-state index in [1.54, 1.807) is 25.1 Å². The highest BCUT2D eigenvalue weighted by molar-refractivity contribution is 5.30. The van der Waals surface area contributed by atoms with Gasteiger partial charge in [-0.05, 0) is 36.8 Å². The molecular weight excluding hydrogens is 219 g/mol. The van der Waals surface area contributed by atoms with Gasteiger partial charge >= 0.3 is 0 Å². The minimum Gasteiger partial charge on any atom is -0.485 e. The molecule has 1 fully saturated rings. The van der Waals surface area contributed by atoms with Crippen LogP contribution in [0.1, 0.15) is 32.3 Å². The molecule has 3 heteroatoms.